The van der Waals surface area contributed by atoms with Gasteiger partial charge in [0.25, 0.3) is 0 Å². The number of hydrogen-bond donors (Lipinski definition) is 1. The Morgan fingerprint density at radius 3 is 2.68 bits per heavy atom. The van der Waals surface area contributed by atoms with E-state index in [9.17, 15) is 9.90 Å². The van der Waals surface area contributed by atoms with Gasteiger partial charge in [-0.25, -0.2) is 0 Å². The smallest absolute Gasteiger partial charge is 0.248 e. The molecule has 1 aliphatic heterocycles. The summed E-state index contributed by atoms with van der Waals surface area (Å²) in [5, 5.41) is 10.2. The van der Waals surface area contributed by atoms with E-state index in [1.165, 1.54) is 12.8 Å². The Bertz CT molecular complexity index is 295. The molecule has 1 heterocycles. The summed E-state index contributed by atoms with van der Waals surface area (Å²) in [6.45, 7) is 3.51. The van der Waals surface area contributed by atoms with E-state index in [1.54, 1.807) is 0 Å². The van der Waals surface area contributed by atoms with Crippen LogP contribution in [0.25, 0.3) is 0 Å². The zero-order valence-electron chi connectivity index (χ0n) is 12.0. The topological polar surface area (TPSA) is 49.8 Å². The predicted octanol–water partition coefficient (Wildman–Crippen LogP) is 1.96. The fourth-order valence-electron chi connectivity index (χ4n) is 3.57. The first kappa shape index (κ1) is 14.8. The van der Waals surface area contributed by atoms with Gasteiger partial charge in [0.15, 0.2) is 0 Å². The summed E-state index contributed by atoms with van der Waals surface area (Å²) in [5.41, 5.74) is 0. The van der Waals surface area contributed by atoms with Crippen LogP contribution in [0.5, 0.6) is 0 Å². The molecule has 3 atom stereocenters. The molecule has 1 aliphatic carbocycles. The highest BCUT2D eigenvalue weighted by Gasteiger charge is 2.37. The number of likely N-dealkylation sites (tertiary alicyclic amines) is 1. The molecule has 2 rings (SSSR count). The van der Waals surface area contributed by atoms with Gasteiger partial charge in [0.2, 0.25) is 5.91 Å². The SMILES string of the molecule is CCOCC(=O)N1CCCCC1C1CCCCC1O. The van der Waals surface area contributed by atoms with Crippen molar-refractivity contribution in [3.05, 3.63) is 0 Å². The second-order valence-electron chi connectivity index (χ2n) is 5.80. The fourth-order valence-corrected chi connectivity index (χ4v) is 3.57. The maximum Gasteiger partial charge on any atom is 0.248 e. The van der Waals surface area contributed by atoms with E-state index in [4.69, 9.17) is 4.74 Å². The second-order valence-corrected chi connectivity index (χ2v) is 5.80. The van der Waals surface area contributed by atoms with Gasteiger partial charge < -0.3 is 14.7 Å². The minimum Gasteiger partial charge on any atom is -0.393 e. The van der Waals surface area contributed by atoms with Gasteiger partial charge in [0.1, 0.15) is 6.61 Å². The Balaban J connectivity index is 2.00. The molecule has 0 aromatic heterocycles. The van der Waals surface area contributed by atoms with Gasteiger partial charge in [0, 0.05) is 25.1 Å². The maximum absolute atomic E-state index is 12.2. The third kappa shape index (κ3) is 3.69. The van der Waals surface area contributed by atoms with E-state index in [0.29, 0.717) is 6.61 Å². The molecule has 2 fully saturated rings. The predicted molar refractivity (Wildman–Crippen MR) is 73.8 cm³/mol. The molecule has 0 radical (unpaired) electrons. The van der Waals surface area contributed by atoms with Crippen LogP contribution >= 0.6 is 0 Å². The number of carbonyl (C=O) groups is 1. The fraction of sp³-hybridized carbons (Fsp3) is 0.933. The molecule has 4 heteroatoms. The number of ether oxygens (including phenoxy) is 1. The number of rotatable bonds is 4. The van der Waals surface area contributed by atoms with Crippen molar-refractivity contribution in [2.24, 2.45) is 5.92 Å². The van der Waals surface area contributed by atoms with Crippen LogP contribution in [-0.2, 0) is 9.53 Å². The molecule has 0 aromatic rings. The number of aliphatic hydroxyl groups is 1. The first-order chi connectivity index (χ1) is 9.24. The van der Waals surface area contributed by atoms with Crippen molar-refractivity contribution in [2.45, 2.75) is 64.0 Å². The summed E-state index contributed by atoms with van der Waals surface area (Å²) in [6, 6.07) is 0.233. The highest BCUT2D eigenvalue weighted by Crippen LogP contribution is 2.34. The van der Waals surface area contributed by atoms with Crippen LogP contribution in [0.2, 0.25) is 0 Å². The molecule has 3 unspecified atom stereocenters. The van der Waals surface area contributed by atoms with Crippen LogP contribution < -0.4 is 0 Å². The highest BCUT2D eigenvalue weighted by molar-refractivity contribution is 5.78. The largest absolute Gasteiger partial charge is 0.393 e. The van der Waals surface area contributed by atoms with Crippen molar-refractivity contribution in [3.8, 4) is 0 Å². The molecular formula is C15H27NO3. The Labute approximate surface area is 116 Å². The standard InChI is InChI=1S/C15H27NO3/c1-2-19-11-15(18)16-10-6-5-8-13(16)12-7-3-4-9-14(12)17/h12-14,17H,2-11H2,1H3. The Kier molecular flexibility index (Phi) is 5.64. The molecule has 4 nitrogen and oxygen atoms in total. The number of nitrogens with zero attached hydrogens (tertiary/aromatic N) is 1. The average Bonchev–Trinajstić information content (AvgIpc) is 2.45. The molecule has 1 N–H and O–H groups in total. The monoisotopic (exact) mass is 269 g/mol. The van der Waals surface area contributed by atoms with Gasteiger partial charge in [-0.05, 0) is 39.0 Å². The van der Waals surface area contributed by atoms with Crippen LogP contribution in [0.4, 0.5) is 0 Å². The quantitative estimate of drug-likeness (QED) is 0.848. The lowest BCUT2D eigenvalue weighted by Crippen LogP contribution is -2.52. The van der Waals surface area contributed by atoms with Crippen molar-refractivity contribution in [2.75, 3.05) is 19.8 Å². The summed E-state index contributed by atoms with van der Waals surface area (Å²) in [6.07, 6.45) is 7.34. The summed E-state index contributed by atoms with van der Waals surface area (Å²) in [4.78, 5) is 14.2. The number of piperidine rings is 1. The maximum atomic E-state index is 12.2. The summed E-state index contributed by atoms with van der Waals surface area (Å²) >= 11 is 0. The summed E-state index contributed by atoms with van der Waals surface area (Å²) in [7, 11) is 0. The lowest BCUT2D eigenvalue weighted by molar-refractivity contribution is -0.143. The van der Waals surface area contributed by atoms with Gasteiger partial charge in [-0.1, -0.05) is 12.8 Å². The molecule has 1 saturated carbocycles. The number of hydrogen-bond acceptors (Lipinski definition) is 3. The summed E-state index contributed by atoms with van der Waals surface area (Å²) in [5.74, 6) is 0.379. The molecule has 2 aliphatic rings. The van der Waals surface area contributed by atoms with E-state index >= 15 is 0 Å². The van der Waals surface area contributed by atoms with Gasteiger partial charge in [-0.15, -0.1) is 0 Å². The number of carbonyl (C=O) groups excluding carboxylic acids is 1. The summed E-state index contributed by atoms with van der Waals surface area (Å²) < 4.78 is 5.26. The first-order valence-corrected chi connectivity index (χ1v) is 7.79. The molecule has 0 aromatic carbocycles. The highest BCUT2D eigenvalue weighted by atomic mass is 16.5. The second kappa shape index (κ2) is 7.25. The van der Waals surface area contributed by atoms with E-state index in [-0.39, 0.29) is 30.6 Å². The molecule has 0 bridgehead atoms. The van der Waals surface area contributed by atoms with Crippen molar-refractivity contribution in [1.29, 1.82) is 0 Å². The molecular weight excluding hydrogens is 242 g/mol. The van der Waals surface area contributed by atoms with E-state index in [1.807, 2.05) is 11.8 Å². The van der Waals surface area contributed by atoms with Crippen molar-refractivity contribution >= 4 is 5.91 Å². The number of amides is 1. The van der Waals surface area contributed by atoms with Crippen LogP contribution in [-0.4, -0.2) is 47.8 Å². The third-order valence-corrected chi connectivity index (χ3v) is 4.58. The van der Waals surface area contributed by atoms with Crippen LogP contribution in [0.1, 0.15) is 51.9 Å². The minimum atomic E-state index is -0.223. The molecule has 0 spiro atoms. The van der Waals surface area contributed by atoms with Gasteiger partial charge in [0.05, 0.1) is 6.10 Å². The average molecular weight is 269 g/mol. The molecule has 1 amide bonds. The number of aliphatic hydroxyl groups excluding tert-OH is 1. The Morgan fingerprint density at radius 2 is 1.95 bits per heavy atom. The van der Waals surface area contributed by atoms with Crippen molar-refractivity contribution in [1.82, 2.24) is 4.90 Å². The van der Waals surface area contributed by atoms with Gasteiger partial charge >= 0.3 is 0 Å². The van der Waals surface area contributed by atoms with E-state index in [0.717, 1.165) is 38.6 Å². The Morgan fingerprint density at radius 1 is 1.21 bits per heavy atom. The van der Waals surface area contributed by atoms with Crippen LogP contribution in [0.3, 0.4) is 0 Å². The molecule has 19 heavy (non-hydrogen) atoms. The van der Waals surface area contributed by atoms with Gasteiger partial charge in [-0.3, -0.25) is 4.79 Å². The van der Waals surface area contributed by atoms with Crippen LogP contribution in [0, 0.1) is 5.92 Å². The third-order valence-electron chi connectivity index (χ3n) is 4.58. The molecule has 110 valence electrons. The van der Waals surface area contributed by atoms with Gasteiger partial charge in [-0.2, -0.15) is 0 Å². The first-order valence-electron chi connectivity index (χ1n) is 7.79. The molecule has 1 saturated heterocycles. The lowest BCUT2D eigenvalue weighted by Gasteiger charge is -2.43. The van der Waals surface area contributed by atoms with Crippen LogP contribution in [0.15, 0.2) is 0 Å². The van der Waals surface area contributed by atoms with Crippen molar-refractivity contribution in [3.63, 3.8) is 0 Å². The minimum absolute atomic E-state index is 0.101. The Hall–Kier alpha value is -0.610. The van der Waals surface area contributed by atoms with Crippen molar-refractivity contribution < 1.29 is 14.6 Å². The normalized spacial score (nSPS) is 32.3. The lowest BCUT2D eigenvalue weighted by atomic mass is 9.78. The van der Waals surface area contributed by atoms with E-state index in [2.05, 4.69) is 0 Å². The van der Waals surface area contributed by atoms with E-state index < -0.39 is 0 Å². The zero-order chi connectivity index (χ0) is 13.7. The zero-order valence-corrected chi connectivity index (χ0v) is 12.0.